The Kier molecular flexibility index (Phi) is 9.17. The van der Waals surface area contributed by atoms with Crippen LogP contribution in [0.2, 0.25) is 0 Å². The van der Waals surface area contributed by atoms with Crippen molar-refractivity contribution in [1.82, 2.24) is 10.6 Å². The van der Waals surface area contributed by atoms with Crippen LogP contribution in [0.15, 0.2) is 20.2 Å². The maximum atomic E-state index is 9.44. The second-order valence-electron chi connectivity index (χ2n) is 5.76. The molecular formula is C12H24N6O7S2. The lowest BCUT2D eigenvalue weighted by atomic mass is 10.1. The van der Waals surface area contributed by atoms with Crippen molar-refractivity contribution in [2.24, 2.45) is 32.0 Å². The lowest BCUT2D eigenvalue weighted by Gasteiger charge is -2.09. The molecule has 2 atom stereocenters. The number of amidine groups is 2. The molecule has 2 aliphatic rings. The molecule has 0 spiro atoms. The molecule has 0 aromatic heterocycles. The molecule has 0 aromatic rings. The fraction of sp³-hybridized carbons (Fsp3) is 0.833. The molecule has 0 aliphatic carbocycles. The number of nitrogens with one attached hydrogen (secondary N) is 2. The molecule has 27 heavy (non-hydrogen) atoms. The summed E-state index contributed by atoms with van der Waals surface area (Å²) in [5, 5.41) is 15.0. The van der Waals surface area contributed by atoms with Gasteiger partial charge in [0, 0.05) is 24.9 Å². The summed E-state index contributed by atoms with van der Waals surface area (Å²) >= 11 is 0. The van der Waals surface area contributed by atoms with Crippen LogP contribution in [0.1, 0.15) is 13.8 Å². The van der Waals surface area contributed by atoms with Gasteiger partial charge in [0.15, 0.2) is 0 Å². The third kappa shape index (κ3) is 10.9. The minimum Gasteiger partial charge on any atom is -0.372 e. The van der Waals surface area contributed by atoms with E-state index in [1.807, 2.05) is 0 Å². The van der Waals surface area contributed by atoms with Crippen LogP contribution in [0.25, 0.3) is 0 Å². The van der Waals surface area contributed by atoms with E-state index in [1.54, 1.807) is 0 Å². The van der Waals surface area contributed by atoms with Crippen LogP contribution < -0.4 is 10.6 Å². The van der Waals surface area contributed by atoms with Crippen molar-refractivity contribution in [3.63, 3.8) is 0 Å². The Hall–Kier alpha value is -1.68. The third-order valence-corrected chi connectivity index (χ3v) is 4.69. The summed E-state index contributed by atoms with van der Waals surface area (Å²) in [5.41, 5.74) is 0. The molecule has 0 saturated carbocycles. The van der Waals surface area contributed by atoms with E-state index >= 15 is 0 Å². The summed E-state index contributed by atoms with van der Waals surface area (Å²) in [6, 6.07) is 0. The fourth-order valence-electron chi connectivity index (χ4n) is 2.13. The number of hydrogen-bond acceptors (Lipinski definition) is 11. The average molecular weight is 428 g/mol. The predicted octanol–water partition coefficient (Wildman–Crippen LogP) is -0.677. The Morgan fingerprint density at radius 2 is 1.30 bits per heavy atom. The van der Waals surface area contributed by atoms with Gasteiger partial charge < -0.3 is 10.6 Å². The summed E-state index contributed by atoms with van der Waals surface area (Å²) in [6.07, 6.45) is 0. The van der Waals surface area contributed by atoms with Gasteiger partial charge in [0.1, 0.15) is 11.7 Å². The van der Waals surface area contributed by atoms with E-state index in [0.717, 1.165) is 37.9 Å². The predicted molar refractivity (Wildman–Crippen MR) is 97.7 cm³/mol. The minimum absolute atomic E-state index is 0.341. The van der Waals surface area contributed by atoms with E-state index < -0.39 is 20.8 Å². The normalized spacial score (nSPS) is 19.4. The van der Waals surface area contributed by atoms with E-state index in [2.05, 4.69) is 48.3 Å². The van der Waals surface area contributed by atoms with Gasteiger partial charge in [-0.2, -0.15) is 27.1 Å². The lowest BCUT2D eigenvalue weighted by Crippen LogP contribution is -2.27. The molecule has 156 valence electrons. The summed E-state index contributed by atoms with van der Waals surface area (Å²) in [6.45, 7) is 9.36. The van der Waals surface area contributed by atoms with Gasteiger partial charge >= 0.3 is 20.8 Å². The smallest absolute Gasteiger partial charge is 0.372 e. The van der Waals surface area contributed by atoms with Crippen LogP contribution in [0.5, 0.6) is 0 Å². The minimum atomic E-state index is -5.12. The molecule has 0 bridgehead atoms. The molecule has 0 amide bonds. The molecule has 15 heteroatoms. The number of aliphatic imine (C=N–C) groups is 2. The Labute approximate surface area is 158 Å². The Bertz CT molecular complexity index is 714. The Morgan fingerprint density at radius 1 is 0.926 bits per heavy atom. The average Bonchev–Trinajstić information content (AvgIpc) is 3.20. The van der Waals surface area contributed by atoms with Crippen LogP contribution in [0, 0.1) is 11.8 Å². The standard InChI is InChI=1S/C12H22N6.H2O7S2/c1-9(11-13-3-4-14-11)7-17-18-8-10(2)12-15-5-6-16-12;1-8(2,3)7-9(4,5)6/h9-10H,3-8H2,1-2H3,(H,13,14)(H,15,16);(H,1,2,3)(H,4,5,6). The van der Waals surface area contributed by atoms with Gasteiger partial charge in [0.05, 0.1) is 26.2 Å². The zero-order valence-corrected chi connectivity index (χ0v) is 16.6. The summed E-state index contributed by atoms with van der Waals surface area (Å²) in [5.74, 6) is 2.83. The molecule has 0 saturated heterocycles. The molecule has 0 fully saturated rings. The lowest BCUT2D eigenvalue weighted by molar-refractivity contribution is 0.344. The quantitative estimate of drug-likeness (QED) is 0.286. The van der Waals surface area contributed by atoms with Crippen molar-refractivity contribution >= 4 is 32.5 Å². The zero-order chi connectivity index (χ0) is 20.5. The van der Waals surface area contributed by atoms with Gasteiger partial charge in [-0.1, -0.05) is 13.8 Å². The summed E-state index contributed by atoms with van der Waals surface area (Å²) in [7, 11) is -10.2. The van der Waals surface area contributed by atoms with Crippen molar-refractivity contribution in [3.05, 3.63) is 0 Å². The maximum Gasteiger partial charge on any atom is 0.413 e. The monoisotopic (exact) mass is 428 g/mol. The van der Waals surface area contributed by atoms with E-state index in [-0.39, 0.29) is 0 Å². The molecule has 13 nitrogen and oxygen atoms in total. The molecule has 2 unspecified atom stereocenters. The molecular weight excluding hydrogens is 404 g/mol. The summed E-state index contributed by atoms with van der Waals surface area (Å²) < 4.78 is 55.6. The van der Waals surface area contributed by atoms with E-state index in [9.17, 15) is 16.8 Å². The first-order chi connectivity index (χ1) is 12.5. The van der Waals surface area contributed by atoms with Gasteiger partial charge in [0.25, 0.3) is 0 Å². The summed E-state index contributed by atoms with van der Waals surface area (Å²) in [4.78, 5) is 8.77. The number of nitrogens with zero attached hydrogens (tertiary/aromatic N) is 4. The van der Waals surface area contributed by atoms with E-state index in [4.69, 9.17) is 9.11 Å². The van der Waals surface area contributed by atoms with Gasteiger partial charge in [-0.15, -0.1) is 3.63 Å². The zero-order valence-electron chi connectivity index (χ0n) is 14.9. The van der Waals surface area contributed by atoms with Crippen molar-refractivity contribution in [2.75, 3.05) is 39.3 Å². The Balaban J connectivity index is 0.000000345. The molecule has 2 aliphatic heterocycles. The highest BCUT2D eigenvalue weighted by Crippen LogP contribution is 2.04. The highest BCUT2D eigenvalue weighted by atomic mass is 32.3. The molecule has 0 aromatic carbocycles. The van der Waals surface area contributed by atoms with E-state index in [1.165, 1.54) is 0 Å². The highest BCUT2D eigenvalue weighted by Gasteiger charge is 2.16. The van der Waals surface area contributed by atoms with Crippen molar-refractivity contribution in [3.8, 4) is 0 Å². The van der Waals surface area contributed by atoms with Crippen LogP contribution >= 0.6 is 0 Å². The van der Waals surface area contributed by atoms with Gasteiger partial charge in [-0.05, 0) is 0 Å². The molecule has 2 heterocycles. The van der Waals surface area contributed by atoms with E-state index in [0.29, 0.717) is 24.9 Å². The second-order valence-corrected chi connectivity index (χ2v) is 8.02. The third-order valence-electron chi connectivity index (χ3n) is 3.32. The molecule has 4 N–H and O–H groups in total. The maximum absolute atomic E-state index is 9.44. The van der Waals surface area contributed by atoms with Crippen LogP contribution in [-0.4, -0.2) is 76.9 Å². The van der Waals surface area contributed by atoms with Crippen LogP contribution in [-0.2, 0) is 24.4 Å². The van der Waals surface area contributed by atoms with Crippen LogP contribution in [0.4, 0.5) is 0 Å². The first-order valence-corrected chi connectivity index (χ1v) is 10.8. The Morgan fingerprint density at radius 3 is 1.52 bits per heavy atom. The van der Waals surface area contributed by atoms with Crippen molar-refractivity contribution < 1.29 is 29.6 Å². The molecule has 0 radical (unpaired) electrons. The number of azo groups is 1. The topological polar surface area (TPSA) is 191 Å². The highest BCUT2D eigenvalue weighted by molar-refractivity contribution is 7.94. The largest absolute Gasteiger partial charge is 0.413 e. The van der Waals surface area contributed by atoms with Gasteiger partial charge in [-0.3, -0.25) is 19.1 Å². The first kappa shape index (κ1) is 23.4. The second kappa shape index (κ2) is 10.6. The van der Waals surface area contributed by atoms with Crippen molar-refractivity contribution in [2.45, 2.75) is 13.8 Å². The molecule has 2 rings (SSSR count). The SMILES string of the molecule is CC(CN=NCC(C)C1=NCCN1)C1=NCCN1.O=S(=O)(O)OS(=O)(=O)O. The van der Waals surface area contributed by atoms with Crippen LogP contribution in [0.3, 0.4) is 0 Å². The van der Waals surface area contributed by atoms with Gasteiger partial charge in [0.2, 0.25) is 0 Å². The number of hydrogen-bond donors (Lipinski definition) is 4. The number of rotatable bonds is 8. The van der Waals surface area contributed by atoms with Crippen molar-refractivity contribution in [1.29, 1.82) is 0 Å². The first-order valence-electron chi connectivity index (χ1n) is 8.03. The fourth-order valence-corrected chi connectivity index (χ4v) is 3.00. The van der Waals surface area contributed by atoms with Gasteiger partial charge in [-0.25, -0.2) is 0 Å².